The summed E-state index contributed by atoms with van der Waals surface area (Å²) >= 11 is 0. The van der Waals surface area contributed by atoms with Gasteiger partial charge in [0, 0.05) is 25.5 Å². The molecular weight excluding hydrogens is 508 g/mol. The second kappa shape index (κ2) is 10.4. The van der Waals surface area contributed by atoms with Crippen molar-refractivity contribution in [2.75, 3.05) is 25.0 Å². The van der Waals surface area contributed by atoms with Crippen LogP contribution >= 0.6 is 0 Å². The predicted octanol–water partition coefficient (Wildman–Crippen LogP) is 2.53. The molecule has 0 radical (unpaired) electrons. The van der Waals surface area contributed by atoms with Gasteiger partial charge >= 0.3 is 0 Å². The monoisotopic (exact) mass is 535 g/mol. The Kier molecular flexibility index (Phi) is 6.98. The number of carbonyl (C=O) groups is 1. The number of hydrogen-bond acceptors (Lipinski definition) is 8. The maximum atomic E-state index is 14.3. The van der Waals surface area contributed by atoms with E-state index in [0.29, 0.717) is 40.4 Å². The van der Waals surface area contributed by atoms with Gasteiger partial charge in [0.1, 0.15) is 18.4 Å². The van der Waals surface area contributed by atoms with E-state index in [9.17, 15) is 18.7 Å². The quantitative estimate of drug-likeness (QED) is 0.269. The van der Waals surface area contributed by atoms with E-state index in [1.165, 1.54) is 37.1 Å². The van der Waals surface area contributed by atoms with Crippen molar-refractivity contribution < 1.29 is 18.7 Å². The second-order valence-corrected chi connectivity index (χ2v) is 9.93. The first-order valence-corrected chi connectivity index (χ1v) is 12.3. The number of amides is 1. The van der Waals surface area contributed by atoms with Gasteiger partial charge in [0.25, 0.3) is 5.91 Å². The van der Waals surface area contributed by atoms with Crippen LogP contribution in [-0.2, 0) is 0 Å². The van der Waals surface area contributed by atoms with E-state index >= 15 is 0 Å². The minimum Gasteiger partial charge on any atom is -0.387 e. The lowest BCUT2D eigenvalue weighted by Crippen LogP contribution is -2.42. The number of carbonyl (C=O) groups excluding carboxylic acids is 1. The summed E-state index contributed by atoms with van der Waals surface area (Å²) in [6.45, 7) is 2.94. The van der Waals surface area contributed by atoms with Crippen LogP contribution in [0.25, 0.3) is 16.9 Å². The topological polar surface area (TPSA) is 145 Å². The van der Waals surface area contributed by atoms with Crippen LogP contribution in [0.1, 0.15) is 35.8 Å². The lowest BCUT2D eigenvalue weighted by Gasteiger charge is -2.22. The SMILES string of the molecule is CC(C)(O)[C@H](F)CNC(=O)c1cnc(-c2ccc3cc(C#N)cnn23)cc1Nc1cnn([C@@H]2CNC[C@H]2F)c1. The molecule has 0 saturated carbocycles. The fourth-order valence-corrected chi connectivity index (χ4v) is 4.29. The molecule has 4 aromatic rings. The molecule has 0 spiro atoms. The van der Waals surface area contributed by atoms with Gasteiger partial charge in [0.2, 0.25) is 0 Å². The number of aliphatic hydroxyl groups is 1. The van der Waals surface area contributed by atoms with Crippen molar-refractivity contribution in [2.45, 2.75) is 37.8 Å². The highest BCUT2D eigenvalue weighted by Crippen LogP contribution is 2.28. The summed E-state index contributed by atoms with van der Waals surface area (Å²) in [5.74, 6) is -0.600. The molecule has 5 heterocycles. The molecule has 1 aliphatic rings. The average molecular weight is 536 g/mol. The summed E-state index contributed by atoms with van der Waals surface area (Å²) in [5.41, 5.74) is 1.55. The Morgan fingerprint density at radius 3 is 2.82 bits per heavy atom. The van der Waals surface area contributed by atoms with E-state index in [4.69, 9.17) is 5.26 Å². The van der Waals surface area contributed by atoms with Gasteiger partial charge in [0.15, 0.2) is 0 Å². The van der Waals surface area contributed by atoms with Gasteiger partial charge in [-0.15, -0.1) is 0 Å². The van der Waals surface area contributed by atoms with Gasteiger partial charge in [-0.25, -0.2) is 13.3 Å². The molecule has 11 nitrogen and oxygen atoms in total. The van der Waals surface area contributed by atoms with Crippen LogP contribution in [0, 0.1) is 11.3 Å². The highest BCUT2D eigenvalue weighted by atomic mass is 19.1. The number of fused-ring (bicyclic) bond motifs is 1. The minimum absolute atomic E-state index is 0.126. The molecule has 4 N–H and O–H groups in total. The molecule has 0 aliphatic carbocycles. The Morgan fingerprint density at radius 1 is 1.28 bits per heavy atom. The third-order valence-corrected chi connectivity index (χ3v) is 6.58. The van der Waals surface area contributed by atoms with Crippen LogP contribution in [0.15, 0.2) is 49.1 Å². The van der Waals surface area contributed by atoms with E-state index in [2.05, 4.69) is 37.2 Å². The number of halogens is 2. The van der Waals surface area contributed by atoms with Gasteiger partial charge in [-0.1, -0.05) is 0 Å². The lowest BCUT2D eigenvalue weighted by atomic mass is 10.0. The maximum absolute atomic E-state index is 14.3. The zero-order valence-corrected chi connectivity index (χ0v) is 21.3. The Balaban J connectivity index is 1.48. The van der Waals surface area contributed by atoms with E-state index in [0.717, 1.165) is 0 Å². The molecule has 3 atom stereocenters. The van der Waals surface area contributed by atoms with Crippen molar-refractivity contribution in [3.05, 3.63) is 60.2 Å². The summed E-state index contributed by atoms with van der Waals surface area (Å²) in [6.07, 6.45) is 3.21. The number of aromatic nitrogens is 5. The number of nitrogens with zero attached hydrogens (tertiary/aromatic N) is 6. The Morgan fingerprint density at radius 2 is 2.10 bits per heavy atom. The number of alkyl halides is 2. The van der Waals surface area contributed by atoms with Gasteiger partial charge in [0.05, 0.1) is 70.0 Å². The largest absolute Gasteiger partial charge is 0.387 e. The van der Waals surface area contributed by atoms with E-state index in [1.807, 2.05) is 0 Å². The molecular formula is C26H27F2N9O2. The van der Waals surface area contributed by atoms with Gasteiger partial charge in [-0.2, -0.15) is 15.5 Å². The molecule has 5 rings (SSSR count). The molecule has 0 bridgehead atoms. The normalized spacial score (nSPS) is 18.2. The summed E-state index contributed by atoms with van der Waals surface area (Å²) < 4.78 is 31.7. The van der Waals surface area contributed by atoms with Crippen molar-refractivity contribution in [3.63, 3.8) is 0 Å². The minimum atomic E-state index is -1.69. The van der Waals surface area contributed by atoms with Crippen LogP contribution in [0.2, 0.25) is 0 Å². The Hall–Kier alpha value is -4.41. The molecule has 1 aliphatic heterocycles. The molecule has 4 aromatic heterocycles. The highest BCUT2D eigenvalue weighted by Gasteiger charge is 2.29. The number of hydrogen-bond donors (Lipinski definition) is 4. The third kappa shape index (κ3) is 5.43. The first kappa shape index (κ1) is 26.2. The number of rotatable bonds is 8. The van der Waals surface area contributed by atoms with E-state index < -0.39 is 36.4 Å². The summed E-state index contributed by atoms with van der Waals surface area (Å²) in [6, 6.07) is 8.53. The fraction of sp³-hybridized carbons (Fsp3) is 0.346. The highest BCUT2D eigenvalue weighted by molar-refractivity contribution is 6.00. The van der Waals surface area contributed by atoms with Gasteiger partial charge in [-0.3, -0.25) is 14.5 Å². The molecule has 0 aromatic carbocycles. The zero-order chi connectivity index (χ0) is 27.7. The van der Waals surface area contributed by atoms with E-state index in [-0.39, 0.29) is 12.1 Å². The zero-order valence-electron chi connectivity index (χ0n) is 21.3. The third-order valence-electron chi connectivity index (χ3n) is 6.58. The van der Waals surface area contributed by atoms with E-state index in [1.54, 1.807) is 35.0 Å². The smallest absolute Gasteiger partial charge is 0.255 e. The first-order valence-electron chi connectivity index (χ1n) is 12.3. The molecule has 202 valence electrons. The molecule has 13 heteroatoms. The Bertz CT molecular complexity index is 1550. The van der Waals surface area contributed by atoms with Crippen molar-refractivity contribution in [2.24, 2.45) is 0 Å². The molecule has 1 fully saturated rings. The van der Waals surface area contributed by atoms with Crippen molar-refractivity contribution >= 4 is 22.8 Å². The van der Waals surface area contributed by atoms with Crippen LogP contribution in [-0.4, -0.2) is 73.0 Å². The van der Waals surface area contributed by atoms with Gasteiger partial charge in [-0.05, 0) is 38.1 Å². The average Bonchev–Trinajstić information content (AvgIpc) is 3.65. The van der Waals surface area contributed by atoms with Crippen molar-refractivity contribution in [1.82, 2.24) is 35.0 Å². The van der Waals surface area contributed by atoms with Crippen LogP contribution < -0.4 is 16.0 Å². The number of pyridine rings is 1. The second-order valence-electron chi connectivity index (χ2n) is 9.93. The molecule has 39 heavy (non-hydrogen) atoms. The van der Waals surface area contributed by atoms with Crippen LogP contribution in [0.4, 0.5) is 20.2 Å². The predicted molar refractivity (Wildman–Crippen MR) is 139 cm³/mol. The first-order chi connectivity index (χ1) is 18.6. The van der Waals surface area contributed by atoms with Crippen molar-refractivity contribution in [3.8, 4) is 17.5 Å². The standard InChI is InChI=1S/C26H27F2N9O2/c1-26(2,39)24(28)13-32-25(38)18-10-31-21(22-4-3-17-5-15(7-29)8-34-37(17)22)6-20(18)35-16-9-33-36(14-16)23-12-30-11-19(23)27/h3-6,8-10,14,19,23-24,30,39H,11-13H2,1-2H3,(H,31,35)(H,32,38)/t19-,23-,24-/m1/s1. The fourth-order valence-electron chi connectivity index (χ4n) is 4.29. The number of nitriles is 1. The van der Waals surface area contributed by atoms with Crippen LogP contribution in [0.3, 0.4) is 0 Å². The molecule has 1 saturated heterocycles. The summed E-state index contributed by atoms with van der Waals surface area (Å²) in [4.78, 5) is 17.5. The number of nitrogens with one attached hydrogen (secondary N) is 3. The Labute approximate surface area is 222 Å². The van der Waals surface area contributed by atoms with Crippen molar-refractivity contribution in [1.29, 1.82) is 5.26 Å². The molecule has 1 amide bonds. The van der Waals surface area contributed by atoms with Crippen LogP contribution in [0.5, 0.6) is 0 Å². The maximum Gasteiger partial charge on any atom is 0.255 e. The summed E-state index contributed by atoms with van der Waals surface area (Å²) in [5, 5.41) is 36.3. The summed E-state index contributed by atoms with van der Waals surface area (Å²) in [7, 11) is 0. The van der Waals surface area contributed by atoms with Gasteiger partial charge < -0.3 is 21.1 Å². The number of anilines is 2. The lowest BCUT2D eigenvalue weighted by molar-refractivity contribution is -0.00177. The molecule has 0 unspecified atom stereocenters.